The number of aromatic carboxylic acids is 1. The molecule has 0 heterocycles. The van der Waals surface area contributed by atoms with Gasteiger partial charge in [-0.15, -0.1) is 0 Å². The Labute approximate surface area is 136 Å². The molecule has 1 atom stereocenters. The van der Waals surface area contributed by atoms with Crippen molar-refractivity contribution in [3.05, 3.63) is 65.7 Å². The van der Waals surface area contributed by atoms with Crippen LogP contribution in [0.15, 0.2) is 59.5 Å². The first-order valence-electron chi connectivity index (χ1n) is 7.28. The SMILES string of the molecule is C[C@@H](CCc1ccccc1)NS(=O)(=O)c1cccc(C(=O)O)c1. The lowest BCUT2D eigenvalue weighted by atomic mass is 10.1. The molecular formula is C17H19NO4S. The van der Waals surface area contributed by atoms with Gasteiger partial charge in [-0.25, -0.2) is 17.9 Å². The van der Waals surface area contributed by atoms with Gasteiger partial charge in [0.25, 0.3) is 0 Å². The first-order chi connectivity index (χ1) is 10.9. The molecule has 2 aromatic rings. The molecule has 0 fully saturated rings. The lowest BCUT2D eigenvalue weighted by molar-refractivity contribution is 0.0696. The monoisotopic (exact) mass is 333 g/mol. The zero-order chi connectivity index (χ0) is 16.9. The van der Waals surface area contributed by atoms with E-state index in [-0.39, 0.29) is 16.5 Å². The van der Waals surface area contributed by atoms with Crippen molar-refractivity contribution < 1.29 is 18.3 Å². The van der Waals surface area contributed by atoms with E-state index in [9.17, 15) is 13.2 Å². The Morgan fingerprint density at radius 1 is 1.13 bits per heavy atom. The molecule has 5 nitrogen and oxygen atoms in total. The second-order valence-electron chi connectivity index (χ2n) is 5.38. The van der Waals surface area contributed by atoms with Gasteiger partial charge in [-0.05, 0) is 43.5 Å². The summed E-state index contributed by atoms with van der Waals surface area (Å²) in [6, 6.07) is 14.9. The molecule has 0 aliphatic carbocycles. The number of sulfonamides is 1. The molecule has 122 valence electrons. The van der Waals surface area contributed by atoms with Crippen molar-refractivity contribution in [3.63, 3.8) is 0 Å². The molecule has 0 saturated carbocycles. The van der Waals surface area contributed by atoms with Crippen LogP contribution in [-0.4, -0.2) is 25.5 Å². The summed E-state index contributed by atoms with van der Waals surface area (Å²) in [5, 5.41) is 8.95. The van der Waals surface area contributed by atoms with E-state index in [1.54, 1.807) is 6.92 Å². The fourth-order valence-corrected chi connectivity index (χ4v) is 3.54. The molecule has 2 N–H and O–H groups in total. The van der Waals surface area contributed by atoms with Crippen molar-refractivity contribution in [2.24, 2.45) is 0 Å². The molecule has 0 aliphatic rings. The Morgan fingerprint density at radius 3 is 2.48 bits per heavy atom. The molecule has 0 spiro atoms. The summed E-state index contributed by atoms with van der Waals surface area (Å²) in [6.07, 6.45) is 1.42. The summed E-state index contributed by atoms with van der Waals surface area (Å²) in [5.74, 6) is -1.15. The van der Waals surface area contributed by atoms with Gasteiger partial charge in [-0.2, -0.15) is 0 Å². The van der Waals surface area contributed by atoms with Crippen LogP contribution in [0, 0.1) is 0 Å². The summed E-state index contributed by atoms with van der Waals surface area (Å²) in [7, 11) is -3.73. The minimum atomic E-state index is -3.73. The maximum Gasteiger partial charge on any atom is 0.335 e. The normalized spacial score (nSPS) is 12.7. The zero-order valence-electron chi connectivity index (χ0n) is 12.8. The van der Waals surface area contributed by atoms with E-state index in [1.165, 1.54) is 18.2 Å². The standard InChI is InChI=1S/C17H19NO4S/c1-13(10-11-14-6-3-2-4-7-14)18-23(21,22)16-9-5-8-15(12-16)17(19)20/h2-9,12-13,18H,10-11H2,1H3,(H,19,20)/t13-/m0/s1. The Kier molecular flexibility index (Phi) is 5.52. The Bertz CT molecular complexity index is 772. The predicted octanol–water partition coefficient (Wildman–Crippen LogP) is 2.68. The van der Waals surface area contributed by atoms with E-state index in [1.807, 2.05) is 30.3 Å². The summed E-state index contributed by atoms with van der Waals surface area (Å²) in [5.41, 5.74) is 1.09. The second-order valence-corrected chi connectivity index (χ2v) is 7.09. The number of benzene rings is 2. The Balaban J connectivity index is 2.02. The highest BCUT2D eigenvalue weighted by Gasteiger charge is 2.18. The maximum absolute atomic E-state index is 12.3. The van der Waals surface area contributed by atoms with Gasteiger partial charge in [0.15, 0.2) is 0 Å². The largest absolute Gasteiger partial charge is 0.478 e. The second kappa shape index (κ2) is 7.39. The summed E-state index contributed by atoms with van der Waals surface area (Å²) >= 11 is 0. The molecule has 23 heavy (non-hydrogen) atoms. The van der Waals surface area contributed by atoms with Gasteiger partial charge in [0.2, 0.25) is 10.0 Å². The van der Waals surface area contributed by atoms with Crippen molar-refractivity contribution in [2.75, 3.05) is 0 Å². The van der Waals surface area contributed by atoms with Crippen LogP contribution >= 0.6 is 0 Å². The van der Waals surface area contributed by atoms with Crippen molar-refractivity contribution in [2.45, 2.75) is 30.7 Å². The number of aryl methyl sites for hydroxylation is 1. The number of carboxylic acids is 1. The number of nitrogens with one attached hydrogen (secondary N) is 1. The van der Waals surface area contributed by atoms with Crippen LogP contribution in [0.1, 0.15) is 29.3 Å². The van der Waals surface area contributed by atoms with Gasteiger partial charge in [0.1, 0.15) is 0 Å². The average Bonchev–Trinajstić information content (AvgIpc) is 2.53. The van der Waals surface area contributed by atoms with E-state index < -0.39 is 16.0 Å². The average molecular weight is 333 g/mol. The molecule has 0 saturated heterocycles. The van der Waals surface area contributed by atoms with Crippen molar-refractivity contribution in [1.82, 2.24) is 4.72 Å². The predicted molar refractivity (Wildman–Crippen MR) is 87.9 cm³/mol. The van der Waals surface area contributed by atoms with Crippen molar-refractivity contribution in [3.8, 4) is 0 Å². The van der Waals surface area contributed by atoms with Crippen LogP contribution in [0.3, 0.4) is 0 Å². The number of carbonyl (C=O) groups is 1. The molecular weight excluding hydrogens is 314 g/mol. The van der Waals surface area contributed by atoms with E-state index in [0.717, 1.165) is 18.1 Å². The summed E-state index contributed by atoms with van der Waals surface area (Å²) in [6.45, 7) is 1.79. The number of carboxylic acid groups (broad SMARTS) is 1. The lowest BCUT2D eigenvalue weighted by Gasteiger charge is -2.14. The van der Waals surface area contributed by atoms with E-state index in [4.69, 9.17) is 5.11 Å². The maximum atomic E-state index is 12.3. The van der Waals surface area contributed by atoms with Gasteiger partial charge >= 0.3 is 5.97 Å². The Morgan fingerprint density at radius 2 is 1.83 bits per heavy atom. The zero-order valence-corrected chi connectivity index (χ0v) is 13.6. The van der Waals surface area contributed by atoms with Crippen LogP contribution in [0.4, 0.5) is 0 Å². The number of rotatable bonds is 7. The van der Waals surface area contributed by atoms with Crippen LogP contribution in [0.25, 0.3) is 0 Å². The summed E-state index contributed by atoms with van der Waals surface area (Å²) < 4.78 is 27.2. The van der Waals surface area contributed by atoms with Gasteiger partial charge in [0, 0.05) is 6.04 Å². The molecule has 2 rings (SSSR count). The van der Waals surface area contributed by atoms with Gasteiger partial charge in [-0.3, -0.25) is 0 Å². The third-order valence-corrected chi connectivity index (χ3v) is 5.04. The molecule has 6 heteroatoms. The lowest BCUT2D eigenvalue weighted by Crippen LogP contribution is -2.33. The highest BCUT2D eigenvalue weighted by atomic mass is 32.2. The number of hydrogen-bond donors (Lipinski definition) is 2. The van der Waals surface area contributed by atoms with Crippen LogP contribution in [0.2, 0.25) is 0 Å². The van der Waals surface area contributed by atoms with Crippen LogP contribution in [-0.2, 0) is 16.4 Å². The van der Waals surface area contributed by atoms with Gasteiger partial charge in [-0.1, -0.05) is 36.4 Å². The number of hydrogen-bond acceptors (Lipinski definition) is 3. The van der Waals surface area contributed by atoms with Crippen LogP contribution < -0.4 is 4.72 Å². The summed E-state index contributed by atoms with van der Waals surface area (Å²) in [4.78, 5) is 10.9. The molecule has 0 unspecified atom stereocenters. The minimum Gasteiger partial charge on any atom is -0.478 e. The molecule has 0 radical (unpaired) electrons. The van der Waals surface area contributed by atoms with Gasteiger partial charge < -0.3 is 5.11 Å². The minimum absolute atomic E-state index is 0.0380. The third-order valence-electron chi connectivity index (χ3n) is 3.46. The van der Waals surface area contributed by atoms with Gasteiger partial charge in [0.05, 0.1) is 10.5 Å². The molecule has 0 bridgehead atoms. The first-order valence-corrected chi connectivity index (χ1v) is 8.76. The first kappa shape index (κ1) is 17.2. The quantitative estimate of drug-likeness (QED) is 0.816. The van der Waals surface area contributed by atoms with E-state index >= 15 is 0 Å². The topological polar surface area (TPSA) is 83.5 Å². The van der Waals surface area contributed by atoms with Crippen molar-refractivity contribution in [1.29, 1.82) is 0 Å². The molecule has 2 aromatic carbocycles. The van der Waals surface area contributed by atoms with E-state index in [0.29, 0.717) is 6.42 Å². The van der Waals surface area contributed by atoms with Crippen molar-refractivity contribution >= 4 is 16.0 Å². The fourth-order valence-electron chi connectivity index (χ4n) is 2.22. The molecule has 0 amide bonds. The fraction of sp³-hybridized carbons (Fsp3) is 0.235. The Hall–Kier alpha value is -2.18. The highest BCUT2D eigenvalue weighted by molar-refractivity contribution is 7.89. The molecule has 0 aromatic heterocycles. The smallest absolute Gasteiger partial charge is 0.335 e. The third kappa shape index (κ3) is 4.91. The van der Waals surface area contributed by atoms with Crippen LogP contribution in [0.5, 0.6) is 0 Å². The highest BCUT2D eigenvalue weighted by Crippen LogP contribution is 2.13. The van der Waals surface area contributed by atoms with E-state index in [2.05, 4.69) is 4.72 Å². The molecule has 0 aliphatic heterocycles.